The molecule has 1 nitrogen and oxygen atoms in total. The van der Waals surface area contributed by atoms with Crippen molar-refractivity contribution in [3.8, 4) is 0 Å². The summed E-state index contributed by atoms with van der Waals surface area (Å²) in [7, 11) is 2.01. The highest BCUT2D eigenvalue weighted by molar-refractivity contribution is 6.18. The van der Waals surface area contributed by atoms with E-state index in [1.807, 2.05) is 7.05 Å². The average Bonchev–Trinajstić information content (AvgIpc) is 2.35. The average molecular weight is 266 g/mol. The Morgan fingerprint density at radius 2 is 2.33 bits per heavy atom. The molecule has 0 bridgehead atoms. The monoisotopic (exact) mass is 265 g/mol. The van der Waals surface area contributed by atoms with Gasteiger partial charge in [-0.15, -0.1) is 11.6 Å². The van der Waals surface area contributed by atoms with Gasteiger partial charge in [0.1, 0.15) is 0 Å². The van der Waals surface area contributed by atoms with Gasteiger partial charge in [-0.3, -0.25) is 0 Å². The predicted octanol–water partition coefficient (Wildman–Crippen LogP) is 4.27. The van der Waals surface area contributed by atoms with Gasteiger partial charge in [0.15, 0.2) is 0 Å². The number of rotatable bonds is 3. The van der Waals surface area contributed by atoms with Crippen molar-refractivity contribution in [3.63, 3.8) is 0 Å². The maximum absolute atomic E-state index is 6.22. The Kier molecular flexibility index (Phi) is 3.91. The van der Waals surface area contributed by atoms with E-state index >= 15 is 0 Å². The van der Waals surface area contributed by atoms with Gasteiger partial charge >= 0.3 is 0 Å². The van der Waals surface area contributed by atoms with Crippen LogP contribution in [-0.2, 0) is 0 Å². The van der Waals surface area contributed by atoms with Crippen molar-refractivity contribution in [2.24, 2.45) is 17.3 Å². The van der Waals surface area contributed by atoms with E-state index in [0.717, 1.165) is 18.7 Å². The minimum absolute atomic E-state index is 0.205. The molecule has 2 aliphatic carbocycles. The Morgan fingerprint density at radius 1 is 1.61 bits per heavy atom. The minimum Gasteiger partial charge on any atom is -0.388 e. The Balaban J connectivity index is 2.45. The topological polar surface area (TPSA) is 12.0 Å². The van der Waals surface area contributed by atoms with Crippen molar-refractivity contribution in [2.45, 2.75) is 33.1 Å². The molecule has 2 heteroatoms. The first-order valence-corrected chi connectivity index (χ1v) is 7.38. The molecule has 0 aromatic carbocycles. The predicted molar refractivity (Wildman–Crippen MR) is 79.7 cm³/mol. The van der Waals surface area contributed by atoms with Gasteiger partial charge in [0, 0.05) is 24.5 Å². The molecular weight excluding hydrogens is 242 g/mol. The highest BCUT2D eigenvalue weighted by Gasteiger charge is 2.44. The lowest BCUT2D eigenvalue weighted by Crippen LogP contribution is -2.40. The van der Waals surface area contributed by atoms with Crippen LogP contribution in [0.4, 0.5) is 0 Å². The lowest BCUT2D eigenvalue weighted by atomic mass is 9.59. The van der Waals surface area contributed by atoms with Crippen LogP contribution in [-0.4, -0.2) is 12.9 Å². The molecule has 0 saturated carbocycles. The molecule has 0 aliphatic heterocycles. The highest BCUT2D eigenvalue weighted by Crippen LogP contribution is 2.52. The van der Waals surface area contributed by atoms with Crippen LogP contribution in [0.15, 0.2) is 35.6 Å². The van der Waals surface area contributed by atoms with Gasteiger partial charge in [-0.1, -0.05) is 31.2 Å². The molecule has 0 heterocycles. The second kappa shape index (κ2) is 5.13. The van der Waals surface area contributed by atoms with Crippen LogP contribution in [0, 0.1) is 17.3 Å². The molecule has 0 saturated heterocycles. The van der Waals surface area contributed by atoms with E-state index in [2.05, 4.69) is 37.9 Å². The van der Waals surface area contributed by atoms with Crippen LogP contribution < -0.4 is 5.32 Å². The molecule has 3 unspecified atom stereocenters. The zero-order valence-corrected chi connectivity index (χ0v) is 12.5. The number of halogens is 1. The molecule has 1 N–H and O–H groups in total. The zero-order valence-electron chi connectivity index (χ0n) is 11.7. The first-order valence-electron chi connectivity index (χ1n) is 6.85. The standard InChI is InChI=1S/C16H24ClN/c1-11(2)12-8-15(18-4)14-7-5-6-13(10-17)16(14,3)9-12/h7-8,12-13,18H,1,5-6,9-10H2,2-4H3. The summed E-state index contributed by atoms with van der Waals surface area (Å²) in [6.07, 6.45) is 8.26. The van der Waals surface area contributed by atoms with Crippen LogP contribution in [0.2, 0.25) is 0 Å². The lowest BCUT2D eigenvalue weighted by molar-refractivity contribution is 0.193. The molecule has 3 atom stereocenters. The number of hydrogen-bond donors (Lipinski definition) is 1. The maximum atomic E-state index is 6.22. The molecule has 0 spiro atoms. The van der Waals surface area contributed by atoms with Gasteiger partial charge < -0.3 is 5.32 Å². The third-order valence-corrected chi connectivity index (χ3v) is 5.14. The Labute approximate surface area is 116 Å². The third kappa shape index (κ3) is 2.14. The van der Waals surface area contributed by atoms with Crippen molar-refractivity contribution in [2.75, 3.05) is 12.9 Å². The summed E-state index contributed by atoms with van der Waals surface area (Å²) < 4.78 is 0. The second-order valence-electron chi connectivity index (χ2n) is 5.95. The van der Waals surface area contributed by atoms with Gasteiger partial charge in [0.05, 0.1) is 0 Å². The molecule has 0 radical (unpaired) electrons. The van der Waals surface area contributed by atoms with E-state index in [1.165, 1.54) is 23.3 Å². The Morgan fingerprint density at radius 3 is 2.89 bits per heavy atom. The van der Waals surface area contributed by atoms with Crippen molar-refractivity contribution >= 4 is 11.6 Å². The summed E-state index contributed by atoms with van der Waals surface area (Å²) in [5.41, 5.74) is 4.21. The van der Waals surface area contributed by atoms with Crippen LogP contribution in [0.3, 0.4) is 0 Å². The fourth-order valence-corrected chi connectivity index (χ4v) is 3.98. The smallest absolute Gasteiger partial charge is 0.0338 e. The number of alkyl halides is 1. The molecule has 2 aliphatic rings. The summed E-state index contributed by atoms with van der Waals surface area (Å²) in [4.78, 5) is 0. The van der Waals surface area contributed by atoms with Gasteiger partial charge in [-0.05, 0) is 43.1 Å². The minimum atomic E-state index is 0.205. The molecule has 18 heavy (non-hydrogen) atoms. The van der Waals surface area contributed by atoms with E-state index in [-0.39, 0.29) is 5.41 Å². The van der Waals surface area contributed by atoms with Crippen molar-refractivity contribution in [1.29, 1.82) is 0 Å². The summed E-state index contributed by atoms with van der Waals surface area (Å²) in [5, 5.41) is 3.37. The van der Waals surface area contributed by atoms with E-state index in [1.54, 1.807) is 0 Å². The molecular formula is C16H24ClN. The quantitative estimate of drug-likeness (QED) is 0.594. The molecule has 100 valence electrons. The van der Waals surface area contributed by atoms with Gasteiger partial charge in [-0.25, -0.2) is 0 Å². The van der Waals surface area contributed by atoms with Gasteiger partial charge in [0.25, 0.3) is 0 Å². The molecule has 0 aromatic rings. The van der Waals surface area contributed by atoms with E-state index < -0.39 is 0 Å². The van der Waals surface area contributed by atoms with E-state index in [4.69, 9.17) is 11.6 Å². The van der Waals surface area contributed by atoms with E-state index in [0.29, 0.717) is 11.8 Å². The summed E-state index contributed by atoms with van der Waals surface area (Å²) in [6.45, 7) is 8.65. The molecule has 2 rings (SSSR count). The largest absolute Gasteiger partial charge is 0.388 e. The number of likely N-dealkylation sites (N-methyl/N-ethyl adjacent to an activating group) is 1. The fourth-order valence-electron chi connectivity index (χ4n) is 3.48. The van der Waals surface area contributed by atoms with Crippen molar-refractivity contribution in [1.82, 2.24) is 5.32 Å². The normalized spacial score (nSPS) is 35.3. The van der Waals surface area contributed by atoms with E-state index in [9.17, 15) is 0 Å². The SMILES string of the molecule is C=C(C)C1C=C(NC)C2=CCCC(CCl)C2(C)C1. The Hall–Kier alpha value is -0.690. The summed E-state index contributed by atoms with van der Waals surface area (Å²) in [6, 6.07) is 0. The molecule has 0 aromatic heterocycles. The second-order valence-corrected chi connectivity index (χ2v) is 6.26. The lowest BCUT2D eigenvalue weighted by Gasteiger charge is -2.47. The van der Waals surface area contributed by atoms with Crippen LogP contribution >= 0.6 is 11.6 Å². The first-order chi connectivity index (χ1) is 8.52. The first kappa shape index (κ1) is 13.7. The summed E-state index contributed by atoms with van der Waals surface area (Å²) >= 11 is 6.22. The number of nitrogens with one attached hydrogen (secondary N) is 1. The zero-order chi connectivity index (χ0) is 13.3. The Bertz CT molecular complexity index is 407. The van der Waals surface area contributed by atoms with Gasteiger partial charge in [0.2, 0.25) is 0 Å². The van der Waals surface area contributed by atoms with Crippen molar-refractivity contribution < 1.29 is 0 Å². The van der Waals surface area contributed by atoms with Crippen LogP contribution in [0.1, 0.15) is 33.1 Å². The number of allylic oxidation sites excluding steroid dienone is 4. The fraction of sp³-hybridized carbons (Fsp3) is 0.625. The number of hydrogen-bond acceptors (Lipinski definition) is 1. The molecule has 0 fully saturated rings. The molecule has 0 amide bonds. The summed E-state index contributed by atoms with van der Waals surface area (Å²) in [5.74, 6) is 1.81. The van der Waals surface area contributed by atoms with Gasteiger partial charge in [-0.2, -0.15) is 0 Å². The van der Waals surface area contributed by atoms with Crippen molar-refractivity contribution in [3.05, 3.63) is 35.6 Å². The van der Waals surface area contributed by atoms with Crippen LogP contribution in [0.25, 0.3) is 0 Å². The number of fused-ring (bicyclic) bond motifs is 1. The highest BCUT2D eigenvalue weighted by atomic mass is 35.5. The van der Waals surface area contributed by atoms with Crippen LogP contribution in [0.5, 0.6) is 0 Å². The maximum Gasteiger partial charge on any atom is 0.0338 e. The third-order valence-electron chi connectivity index (χ3n) is 4.77.